The molecule has 0 saturated carbocycles. The first kappa shape index (κ1) is 8.42. The molecule has 0 spiro atoms. The molecule has 0 bridgehead atoms. The van der Waals surface area contributed by atoms with E-state index in [4.69, 9.17) is 15.9 Å². The summed E-state index contributed by atoms with van der Waals surface area (Å²) in [4.78, 5) is 7.85. The third kappa shape index (κ3) is 1.15. The standard InChI is InChI=1S/C7H8N6O/c1-14-7-11-3-5-10-2-4(6(8)9)13(5)12-7/h2-3H,1H3,(H3,8,9). The molecular formula is C7H8N6O. The number of rotatable bonds is 2. The number of aromatic nitrogens is 4. The number of nitrogen functional groups attached to an aromatic ring is 1. The van der Waals surface area contributed by atoms with Crippen molar-refractivity contribution in [1.29, 1.82) is 5.41 Å². The molecule has 0 atom stereocenters. The molecule has 2 aromatic heterocycles. The van der Waals surface area contributed by atoms with E-state index in [0.717, 1.165) is 0 Å². The average molecular weight is 192 g/mol. The first-order valence-corrected chi connectivity index (χ1v) is 3.81. The summed E-state index contributed by atoms with van der Waals surface area (Å²) in [6, 6.07) is 0.206. The van der Waals surface area contributed by atoms with Crippen molar-refractivity contribution in [2.75, 3.05) is 7.11 Å². The summed E-state index contributed by atoms with van der Waals surface area (Å²) in [6.07, 6.45) is 2.96. The number of ether oxygens (including phenoxy) is 1. The van der Waals surface area contributed by atoms with E-state index in [-0.39, 0.29) is 11.8 Å². The van der Waals surface area contributed by atoms with Crippen molar-refractivity contribution in [2.24, 2.45) is 5.73 Å². The molecule has 2 aromatic rings. The quantitative estimate of drug-likeness (QED) is 0.489. The molecule has 72 valence electrons. The third-order valence-electron chi connectivity index (χ3n) is 1.70. The molecule has 0 radical (unpaired) electrons. The Morgan fingerprint density at radius 1 is 1.50 bits per heavy atom. The Morgan fingerprint density at radius 3 is 2.93 bits per heavy atom. The molecule has 0 saturated heterocycles. The fourth-order valence-corrected chi connectivity index (χ4v) is 1.05. The number of nitrogens with two attached hydrogens (primary N) is 1. The summed E-state index contributed by atoms with van der Waals surface area (Å²) in [5.41, 5.74) is 6.28. The van der Waals surface area contributed by atoms with Gasteiger partial charge < -0.3 is 10.5 Å². The third-order valence-corrected chi connectivity index (χ3v) is 1.70. The van der Waals surface area contributed by atoms with Gasteiger partial charge in [0.25, 0.3) is 0 Å². The van der Waals surface area contributed by atoms with Crippen LogP contribution in [0.15, 0.2) is 12.4 Å². The predicted molar refractivity (Wildman–Crippen MR) is 48.4 cm³/mol. The molecule has 0 aromatic carbocycles. The van der Waals surface area contributed by atoms with Crippen molar-refractivity contribution in [1.82, 2.24) is 19.6 Å². The van der Waals surface area contributed by atoms with Gasteiger partial charge in [-0.15, -0.1) is 5.10 Å². The van der Waals surface area contributed by atoms with Gasteiger partial charge in [0.15, 0.2) is 5.65 Å². The summed E-state index contributed by atoms with van der Waals surface area (Å²) in [5.74, 6) is -0.0988. The van der Waals surface area contributed by atoms with Gasteiger partial charge in [-0.2, -0.15) is 4.98 Å². The van der Waals surface area contributed by atoms with E-state index in [1.165, 1.54) is 24.0 Å². The van der Waals surface area contributed by atoms with Crippen LogP contribution in [0.2, 0.25) is 0 Å². The number of nitrogens with zero attached hydrogens (tertiary/aromatic N) is 4. The van der Waals surface area contributed by atoms with E-state index < -0.39 is 0 Å². The van der Waals surface area contributed by atoms with E-state index >= 15 is 0 Å². The summed E-state index contributed by atoms with van der Waals surface area (Å²) in [6.45, 7) is 0. The van der Waals surface area contributed by atoms with E-state index in [2.05, 4.69) is 15.1 Å². The highest BCUT2D eigenvalue weighted by atomic mass is 16.5. The predicted octanol–water partition coefficient (Wildman–Crippen LogP) is -0.583. The Labute approximate surface area is 79.0 Å². The smallest absolute Gasteiger partial charge is 0.334 e. The van der Waals surface area contributed by atoms with Gasteiger partial charge in [0.05, 0.1) is 19.5 Å². The second kappa shape index (κ2) is 2.95. The number of hydrogen-bond acceptors (Lipinski definition) is 5. The summed E-state index contributed by atoms with van der Waals surface area (Å²) in [5, 5.41) is 11.3. The largest absolute Gasteiger partial charge is 0.466 e. The Balaban J connectivity index is 2.69. The van der Waals surface area contributed by atoms with Crippen molar-refractivity contribution in [2.45, 2.75) is 0 Å². The lowest BCUT2D eigenvalue weighted by Crippen LogP contribution is -2.15. The van der Waals surface area contributed by atoms with Crippen molar-refractivity contribution in [3.63, 3.8) is 0 Å². The number of nitrogens with one attached hydrogen (secondary N) is 1. The zero-order valence-corrected chi connectivity index (χ0v) is 7.43. The lowest BCUT2D eigenvalue weighted by molar-refractivity contribution is 0.371. The van der Waals surface area contributed by atoms with E-state index in [9.17, 15) is 0 Å². The van der Waals surface area contributed by atoms with Gasteiger partial charge in [0.2, 0.25) is 0 Å². The minimum absolute atomic E-state index is 0.0988. The van der Waals surface area contributed by atoms with Crippen LogP contribution in [0, 0.1) is 5.41 Å². The van der Waals surface area contributed by atoms with Gasteiger partial charge in [-0.1, -0.05) is 0 Å². The lowest BCUT2D eigenvalue weighted by atomic mass is 10.4. The number of methoxy groups -OCH3 is 1. The maximum absolute atomic E-state index is 7.28. The molecule has 0 unspecified atom stereocenters. The summed E-state index contributed by atoms with van der Waals surface area (Å²) in [7, 11) is 1.46. The van der Waals surface area contributed by atoms with Gasteiger partial charge in [-0.25, -0.2) is 9.50 Å². The Bertz CT molecular complexity index is 490. The Hall–Kier alpha value is -2.18. The number of amidine groups is 1. The van der Waals surface area contributed by atoms with E-state index in [1.807, 2.05) is 0 Å². The molecule has 0 aliphatic heterocycles. The van der Waals surface area contributed by atoms with Crippen LogP contribution in [0.5, 0.6) is 6.01 Å². The highest BCUT2D eigenvalue weighted by Gasteiger charge is 2.08. The maximum atomic E-state index is 7.28. The topological polar surface area (TPSA) is 102 Å². The van der Waals surface area contributed by atoms with Crippen LogP contribution in [0.4, 0.5) is 0 Å². The molecule has 0 fully saturated rings. The normalized spacial score (nSPS) is 10.4. The molecule has 3 N–H and O–H groups in total. The number of fused-ring (bicyclic) bond motifs is 1. The van der Waals surface area contributed by atoms with Crippen LogP contribution in [0.1, 0.15) is 5.69 Å². The lowest BCUT2D eigenvalue weighted by Gasteiger charge is -1.99. The van der Waals surface area contributed by atoms with Crippen LogP contribution >= 0.6 is 0 Å². The molecule has 7 heteroatoms. The zero-order valence-electron chi connectivity index (χ0n) is 7.43. The second-order valence-electron chi connectivity index (χ2n) is 2.57. The summed E-state index contributed by atoms with van der Waals surface area (Å²) < 4.78 is 6.26. The highest BCUT2D eigenvalue weighted by Crippen LogP contribution is 2.06. The molecule has 7 nitrogen and oxygen atoms in total. The van der Waals surface area contributed by atoms with Crippen molar-refractivity contribution in [3.8, 4) is 6.01 Å². The number of imidazole rings is 1. The SMILES string of the molecule is COc1ncc2ncc(C(=N)N)n2n1. The fraction of sp³-hybridized carbons (Fsp3) is 0.143. The van der Waals surface area contributed by atoms with Crippen LogP contribution in [-0.4, -0.2) is 32.5 Å². The minimum atomic E-state index is -0.0988. The van der Waals surface area contributed by atoms with Crippen molar-refractivity contribution < 1.29 is 4.74 Å². The minimum Gasteiger partial charge on any atom is -0.466 e. The molecule has 14 heavy (non-hydrogen) atoms. The molecular weight excluding hydrogens is 184 g/mol. The average Bonchev–Trinajstić information content (AvgIpc) is 2.59. The first-order chi connectivity index (χ1) is 6.72. The Kier molecular flexibility index (Phi) is 1.77. The molecule has 0 aliphatic carbocycles. The monoisotopic (exact) mass is 192 g/mol. The van der Waals surface area contributed by atoms with E-state index in [0.29, 0.717) is 11.3 Å². The molecule has 0 amide bonds. The zero-order chi connectivity index (χ0) is 10.1. The van der Waals surface area contributed by atoms with Gasteiger partial charge in [0.1, 0.15) is 11.5 Å². The highest BCUT2D eigenvalue weighted by molar-refractivity contribution is 5.93. The summed E-state index contributed by atoms with van der Waals surface area (Å²) >= 11 is 0. The fourth-order valence-electron chi connectivity index (χ4n) is 1.05. The van der Waals surface area contributed by atoms with Gasteiger partial charge in [0, 0.05) is 0 Å². The molecule has 0 aliphatic rings. The van der Waals surface area contributed by atoms with Gasteiger partial charge in [-0.05, 0) is 0 Å². The first-order valence-electron chi connectivity index (χ1n) is 3.81. The molecule has 2 heterocycles. The number of hydrogen-bond donors (Lipinski definition) is 2. The van der Waals surface area contributed by atoms with Crippen molar-refractivity contribution in [3.05, 3.63) is 18.1 Å². The van der Waals surface area contributed by atoms with E-state index in [1.54, 1.807) is 0 Å². The maximum Gasteiger partial charge on any atom is 0.334 e. The van der Waals surface area contributed by atoms with Gasteiger partial charge >= 0.3 is 6.01 Å². The van der Waals surface area contributed by atoms with Crippen LogP contribution in [-0.2, 0) is 0 Å². The second-order valence-corrected chi connectivity index (χ2v) is 2.57. The molecule has 2 rings (SSSR count). The van der Waals surface area contributed by atoms with Crippen LogP contribution in [0.3, 0.4) is 0 Å². The van der Waals surface area contributed by atoms with Crippen LogP contribution in [0.25, 0.3) is 5.65 Å². The van der Waals surface area contributed by atoms with Crippen molar-refractivity contribution >= 4 is 11.5 Å². The Morgan fingerprint density at radius 2 is 2.29 bits per heavy atom. The van der Waals surface area contributed by atoms with Crippen LogP contribution < -0.4 is 10.5 Å². The van der Waals surface area contributed by atoms with Gasteiger partial charge in [-0.3, -0.25) is 5.41 Å².